The zero-order valence-electron chi connectivity index (χ0n) is 9.83. The van der Waals surface area contributed by atoms with E-state index in [1.165, 1.54) is 0 Å². The van der Waals surface area contributed by atoms with Gasteiger partial charge in [-0.15, -0.1) is 0 Å². The summed E-state index contributed by atoms with van der Waals surface area (Å²) in [4.78, 5) is 11.9. The van der Waals surface area contributed by atoms with Gasteiger partial charge in [0.2, 0.25) is 0 Å². The van der Waals surface area contributed by atoms with Crippen molar-refractivity contribution in [1.82, 2.24) is 5.32 Å². The Hall–Kier alpha value is -0.620. The van der Waals surface area contributed by atoms with Gasteiger partial charge in [-0.3, -0.25) is 4.79 Å². The van der Waals surface area contributed by atoms with E-state index in [0.717, 1.165) is 23.0 Å². The Morgan fingerprint density at radius 2 is 2.41 bits per heavy atom. The van der Waals surface area contributed by atoms with Crippen molar-refractivity contribution in [3.63, 3.8) is 0 Å². The van der Waals surface area contributed by atoms with Crippen LogP contribution in [0.15, 0.2) is 24.3 Å². The van der Waals surface area contributed by atoms with Crippen LogP contribution in [0.5, 0.6) is 0 Å². The molecule has 1 fully saturated rings. The fourth-order valence-corrected chi connectivity index (χ4v) is 2.52. The van der Waals surface area contributed by atoms with Gasteiger partial charge in [-0.2, -0.15) is 0 Å². The van der Waals surface area contributed by atoms with E-state index in [1.807, 2.05) is 24.3 Å². The van der Waals surface area contributed by atoms with Crippen LogP contribution in [0.1, 0.15) is 30.1 Å². The summed E-state index contributed by atoms with van der Waals surface area (Å²) in [5, 5.41) is 2.94. The molecule has 1 heterocycles. The SMILES string of the molecule is CC1(CNC(=O)c2cccc(I)c2)CCCO1. The predicted octanol–water partition coefficient (Wildman–Crippen LogP) is 2.59. The third kappa shape index (κ3) is 3.42. The third-order valence-corrected chi connectivity index (χ3v) is 3.68. The number of hydrogen-bond donors (Lipinski definition) is 1. The summed E-state index contributed by atoms with van der Waals surface area (Å²) in [6.45, 7) is 3.43. The molecule has 1 N–H and O–H groups in total. The maximum absolute atomic E-state index is 11.9. The molecule has 0 aliphatic carbocycles. The summed E-state index contributed by atoms with van der Waals surface area (Å²) in [5.74, 6) is -0.0276. The Morgan fingerprint density at radius 1 is 1.59 bits per heavy atom. The van der Waals surface area contributed by atoms with Crippen LogP contribution in [0.4, 0.5) is 0 Å². The average Bonchev–Trinajstić information content (AvgIpc) is 2.74. The zero-order chi connectivity index (χ0) is 12.3. The Kier molecular flexibility index (Phi) is 4.04. The van der Waals surface area contributed by atoms with Crippen LogP contribution in [0.2, 0.25) is 0 Å². The molecule has 1 amide bonds. The van der Waals surface area contributed by atoms with Crippen molar-refractivity contribution in [2.45, 2.75) is 25.4 Å². The first kappa shape index (κ1) is 12.8. The van der Waals surface area contributed by atoms with Crippen molar-refractivity contribution < 1.29 is 9.53 Å². The second kappa shape index (κ2) is 5.35. The molecule has 17 heavy (non-hydrogen) atoms. The Morgan fingerprint density at radius 3 is 3.06 bits per heavy atom. The fourth-order valence-electron chi connectivity index (χ4n) is 1.98. The van der Waals surface area contributed by atoms with Crippen molar-refractivity contribution in [2.75, 3.05) is 13.2 Å². The molecule has 1 atom stereocenters. The Labute approximate surface area is 115 Å². The van der Waals surface area contributed by atoms with Crippen LogP contribution in [0.25, 0.3) is 0 Å². The lowest BCUT2D eigenvalue weighted by Crippen LogP contribution is -2.40. The molecule has 0 radical (unpaired) electrons. The molecular formula is C13H16INO2. The van der Waals surface area contributed by atoms with E-state index in [4.69, 9.17) is 4.74 Å². The second-order valence-corrected chi connectivity index (χ2v) is 5.84. The van der Waals surface area contributed by atoms with E-state index in [9.17, 15) is 4.79 Å². The predicted molar refractivity (Wildman–Crippen MR) is 75.1 cm³/mol. The monoisotopic (exact) mass is 345 g/mol. The normalized spacial score (nSPS) is 23.6. The summed E-state index contributed by atoms with van der Waals surface area (Å²) in [6, 6.07) is 7.58. The highest BCUT2D eigenvalue weighted by Gasteiger charge is 2.30. The van der Waals surface area contributed by atoms with Gasteiger partial charge < -0.3 is 10.1 Å². The molecule has 0 spiro atoms. The molecule has 1 aromatic rings. The molecule has 92 valence electrons. The average molecular weight is 345 g/mol. The minimum atomic E-state index is -0.183. The van der Waals surface area contributed by atoms with Gasteiger partial charge in [0.15, 0.2) is 0 Å². The molecule has 1 aromatic carbocycles. The van der Waals surface area contributed by atoms with Crippen LogP contribution < -0.4 is 5.32 Å². The lowest BCUT2D eigenvalue weighted by atomic mass is 10.0. The largest absolute Gasteiger partial charge is 0.373 e. The number of rotatable bonds is 3. The summed E-state index contributed by atoms with van der Waals surface area (Å²) < 4.78 is 6.70. The maximum Gasteiger partial charge on any atom is 0.251 e. The number of carbonyl (C=O) groups is 1. The van der Waals surface area contributed by atoms with Crippen LogP contribution in [-0.4, -0.2) is 24.7 Å². The first-order valence-corrected chi connectivity index (χ1v) is 6.85. The van der Waals surface area contributed by atoms with Gasteiger partial charge in [0, 0.05) is 22.3 Å². The molecule has 0 aromatic heterocycles. The van der Waals surface area contributed by atoms with E-state index in [0.29, 0.717) is 12.1 Å². The zero-order valence-corrected chi connectivity index (χ0v) is 12.0. The van der Waals surface area contributed by atoms with E-state index in [2.05, 4.69) is 34.8 Å². The number of carbonyl (C=O) groups excluding carboxylic acids is 1. The molecule has 4 heteroatoms. The topological polar surface area (TPSA) is 38.3 Å². The van der Waals surface area contributed by atoms with E-state index >= 15 is 0 Å². The molecule has 1 aliphatic heterocycles. The van der Waals surface area contributed by atoms with Crippen molar-refractivity contribution in [3.8, 4) is 0 Å². The molecule has 0 saturated carbocycles. The lowest BCUT2D eigenvalue weighted by molar-refractivity contribution is 0.0206. The summed E-state index contributed by atoms with van der Waals surface area (Å²) >= 11 is 2.20. The standard InChI is InChI=1S/C13H16INO2/c1-13(6-3-7-17-13)9-15-12(16)10-4-2-5-11(14)8-10/h2,4-5,8H,3,6-7,9H2,1H3,(H,15,16). The van der Waals surface area contributed by atoms with Gasteiger partial charge in [0.05, 0.1) is 5.60 Å². The van der Waals surface area contributed by atoms with Crippen molar-refractivity contribution in [2.24, 2.45) is 0 Å². The van der Waals surface area contributed by atoms with Crippen LogP contribution >= 0.6 is 22.6 Å². The summed E-state index contributed by atoms with van der Waals surface area (Å²) in [6.07, 6.45) is 2.09. The second-order valence-electron chi connectivity index (χ2n) is 4.59. The van der Waals surface area contributed by atoms with Crippen LogP contribution in [-0.2, 0) is 4.74 Å². The number of benzene rings is 1. The maximum atomic E-state index is 11.9. The molecule has 1 aliphatic rings. The molecular weight excluding hydrogens is 329 g/mol. The number of nitrogens with one attached hydrogen (secondary N) is 1. The number of ether oxygens (including phenoxy) is 1. The van der Waals surface area contributed by atoms with Gasteiger partial charge in [-0.05, 0) is 60.6 Å². The van der Waals surface area contributed by atoms with Crippen LogP contribution in [0.3, 0.4) is 0 Å². The summed E-state index contributed by atoms with van der Waals surface area (Å²) in [7, 11) is 0. The van der Waals surface area contributed by atoms with Gasteiger partial charge in [0.25, 0.3) is 5.91 Å². The van der Waals surface area contributed by atoms with E-state index in [-0.39, 0.29) is 11.5 Å². The minimum absolute atomic E-state index is 0.0276. The van der Waals surface area contributed by atoms with Gasteiger partial charge >= 0.3 is 0 Å². The van der Waals surface area contributed by atoms with Crippen molar-refractivity contribution >= 4 is 28.5 Å². The van der Waals surface area contributed by atoms with Gasteiger partial charge in [0.1, 0.15) is 0 Å². The Balaban J connectivity index is 1.93. The fraction of sp³-hybridized carbons (Fsp3) is 0.462. The highest BCUT2D eigenvalue weighted by atomic mass is 127. The number of hydrogen-bond acceptors (Lipinski definition) is 2. The highest BCUT2D eigenvalue weighted by molar-refractivity contribution is 14.1. The smallest absolute Gasteiger partial charge is 0.251 e. The minimum Gasteiger partial charge on any atom is -0.373 e. The third-order valence-electron chi connectivity index (χ3n) is 3.01. The molecule has 0 bridgehead atoms. The van der Waals surface area contributed by atoms with Crippen LogP contribution in [0, 0.1) is 3.57 Å². The first-order chi connectivity index (χ1) is 8.09. The molecule has 1 unspecified atom stereocenters. The van der Waals surface area contributed by atoms with Gasteiger partial charge in [-0.25, -0.2) is 0 Å². The number of halogens is 1. The van der Waals surface area contributed by atoms with Crippen molar-refractivity contribution in [1.29, 1.82) is 0 Å². The quantitative estimate of drug-likeness (QED) is 0.856. The van der Waals surface area contributed by atoms with Crippen molar-refractivity contribution in [3.05, 3.63) is 33.4 Å². The molecule has 3 nitrogen and oxygen atoms in total. The van der Waals surface area contributed by atoms with E-state index in [1.54, 1.807) is 0 Å². The van der Waals surface area contributed by atoms with E-state index < -0.39 is 0 Å². The highest BCUT2D eigenvalue weighted by Crippen LogP contribution is 2.24. The molecule has 2 rings (SSSR count). The summed E-state index contributed by atoms with van der Waals surface area (Å²) in [5.41, 5.74) is 0.524. The molecule has 1 saturated heterocycles. The van der Waals surface area contributed by atoms with Gasteiger partial charge in [-0.1, -0.05) is 6.07 Å². The number of amides is 1. The Bertz CT molecular complexity index is 414. The first-order valence-electron chi connectivity index (χ1n) is 5.77. The lowest BCUT2D eigenvalue weighted by Gasteiger charge is -2.23.